The van der Waals surface area contributed by atoms with E-state index < -0.39 is 35.6 Å². The fourth-order valence-electron chi connectivity index (χ4n) is 3.70. The Balaban J connectivity index is 1.68. The van der Waals surface area contributed by atoms with E-state index in [4.69, 9.17) is 9.47 Å². The largest absolute Gasteiger partial charge is 0.480 e. The summed E-state index contributed by atoms with van der Waals surface area (Å²) in [7, 11) is 0. The second-order valence-corrected chi connectivity index (χ2v) is 8.61. The van der Waals surface area contributed by atoms with Crippen molar-refractivity contribution in [1.82, 2.24) is 5.32 Å². The normalized spacial score (nSPS) is 14.7. The zero-order valence-corrected chi connectivity index (χ0v) is 18.0. The molecule has 2 aromatic rings. The molecule has 2 N–H and O–H groups in total. The number of alkyl carbamates (subject to hydrolysis) is 1. The van der Waals surface area contributed by atoms with Crippen LogP contribution in [0.1, 0.15) is 44.7 Å². The van der Waals surface area contributed by atoms with Crippen LogP contribution in [0, 0.1) is 5.92 Å². The number of carboxylic acid groups (broad SMARTS) is 1. The monoisotopic (exact) mass is 425 g/mol. The van der Waals surface area contributed by atoms with Crippen LogP contribution in [0.2, 0.25) is 0 Å². The van der Waals surface area contributed by atoms with Gasteiger partial charge in [0.15, 0.2) is 0 Å². The van der Waals surface area contributed by atoms with Crippen molar-refractivity contribution in [3.8, 4) is 11.1 Å². The lowest BCUT2D eigenvalue weighted by Gasteiger charge is -2.25. The number of carbonyl (C=O) groups is 3. The predicted molar refractivity (Wildman–Crippen MR) is 115 cm³/mol. The molecule has 0 unspecified atom stereocenters. The summed E-state index contributed by atoms with van der Waals surface area (Å²) in [4.78, 5) is 36.3. The highest BCUT2D eigenvalue weighted by atomic mass is 16.6. The minimum atomic E-state index is -1.47. The lowest BCUT2D eigenvalue weighted by molar-refractivity contribution is -0.163. The fraction of sp³-hybridized carbons (Fsp3) is 0.375. The molecule has 3 rings (SSSR count). The summed E-state index contributed by atoms with van der Waals surface area (Å²) in [5.41, 5.74) is 3.52. The molecule has 7 heteroatoms. The topological polar surface area (TPSA) is 102 Å². The van der Waals surface area contributed by atoms with Crippen molar-refractivity contribution in [3.63, 3.8) is 0 Å². The molecular weight excluding hydrogens is 398 g/mol. The first-order valence-corrected chi connectivity index (χ1v) is 10.2. The van der Waals surface area contributed by atoms with Gasteiger partial charge in [-0.05, 0) is 49.9 Å². The second kappa shape index (κ2) is 8.79. The molecule has 1 aliphatic rings. The molecule has 0 spiro atoms. The molecule has 0 aromatic heterocycles. The van der Waals surface area contributed by atoms with Gasteiger partial charge in [0.25, 0.3) is 0 Å². The van der Waals surface area contributed by atoms with Gasteiger partial charge in [-0.25, -0.2) is 9.59 Å². The number of carbonyl (C=O) groups excluding carboxylic acids is 2. The van der Waals surface area contributed by atoms with Crippen molar-refractivity contribution in [3.05, 3.63) is 59.7 Å². The molecule has 0 saturated carbocycles. The maximum Gasteiger partial charge on any atom is 0.407 e. The molecule has 164 valence electrons. The van der Waals surface area contributed by atoms with Gasteiger partial charge in [0.1, 0.15) is 18.2 Å². The Labute approximate surface area is 181 Å². The zero-order chi connectivity index (χ0) is 22.8. The summed E-state index contributed by atoms with van der Waals surface area (Å²) in [5.74, 6) is -3.28. The van der Waals surface area contributed by atoms with Crippen LogP contribution in [0.4, 0.5) is 4.79 Å². The van der Waals surface area contributed by atoms with Gasteiger partial charge >= 0.3 is 18.0 Å². The van der Waals surface area contributed by atoms with Crippen molar-refractivity contribution in [2.75, 3.05) is 6.61 Å². The number of amides is 1. The Kier molecular flexibility index (Phi) is 6.34. The molecule has 31 heavy (non-hydrogen) atoms. The predicted octanol–water partition coefficient (Wildman–Crippen LogP) is 3.96. The van der Waals surface area contributed by atoms with Gasteiger partial charge in [0.2, 0.25) is 0 Å². The van der Waals surface area contributed by atoms with Gasteiger partial charge in [0.05, 0.1) is 5.92 Å². The first-order valence-electron chi connectivity index (χ1n) is 10.2. The number of esters is 1. The van der Waals surface area contributed by atoms with Crippen LogP contribution in [0.25, 0.3) is 11.1 Å². The smallest absolute Gasteiger partial charge is 0.407 e. The third-order valence-electron chi connectivity index (χ3n) is 5.16. The molecule has 0 bridgehead atoms. The molecule has 7 nitrogen and oxygen atoms in total. The Morgan fingerprint density at radius 1 is 1.00 bits per heavy atom. The lowest BCUT2D eigenvalue weighted by Crippen LogP contribution is -2.49. The number of hydrogen-bond acceptors (Lipinski definition) is 5. The minimum absolute atomic E-state index is 0.0486. The summed E-state index contributed by atoms with van der Waals surface area (Å²) in [6.45, 7) is 6.51. The molecule has 0 radical (unpaired) electrons. The average molecular weight is 425 g/mol. The molecule has 0 aliphatic heterocycles. The number of fused-ring (bicyclic) bond motifs is 3. The van der Waals surface area contributed by atoms with E-state index in [1.54, 1.807) is 20.8 Å². The molecular formula is C24H27NO6. The van der Waals surface area contributed by atoms with Crippen molar-refractivity contribution in [2.45, 2.75) is 45.3 Å². The number of aliphatic carboxylic acids is 1. The molecule has 2 atom stereocenters. The number of rotatable bonds is 6. The zero-order valence-electron chi connectivity index (χ0n) is 18.0. The summed E-state index contributed by atoms with van der Waals surface area (Å²) in [6, 6.07) is 14.3. The summed E-state index contributed by atoms with van der Waals surface area (Å²) in [6.07, 6.45) is -0.898. The summed E-state index contributed by atoms with van der Waals surface area (Å²) < 4.78 is 10.6. The third-order valence-corrected chi connectivity index (χ3v) is 5.16. The summed E-state index contributed by atoms with van der Waals surface area (Å²) in [5, 5.41) is 11.8. The Morgan fingerprint density at radius 3 is 2.00 bits per heavy atom. The molecule has 1 amide bonds. The van der Waals surface area contributed by atoms with E-state index in [0.29, 0.717) is 0 Å². The quantitative estimate of drug-likeness (QED) is 0.680. The number of benzene rings is 2. The number of ether oxygens (including phenoxy) is 2. The highest BCUT2D eigenvalue weighted by Crippen LogP contribution is 2.44. The SMILES string of the molecule is C[C@H](C(=O)OC(C)(C)C)[C@@H](NC(=O)OCC1c2ccccc2-c2ccccc21)C(=O)O. The molecule has 0 heterocycles. The van der Waals surface area contributed by atoms with E-state index in [1.165, 1.54) is 6.92 Å². The lowest BCUT2D eigenvalue weighted by atomic mass is 9.98. The number of hydrogen-bond donors (Lipinski definition) is 2. The summed E-state index contributed by atoms with van der Waals surface area (Å²) >= 11 is 0. The number of nitrogens with one attached hydrogen (secondary N) is 1. The second-order valence-electron chi connectivity index (χ2n) is 8.61. The highest BCUT2D eigenvalue weighted by Gasteiger charge is 2.35. The van der Waals surface area contributed by atoms with Crippen LogP contribution in [0.3, 0.4) is 0 Å². The van der Waals surface area contributed by atoms with Gasteiger partial charge in [-0.15, -0.1) is 0 Å². The van der Waals surface area contributed by atoms with Crippen molar-refractivity contribution in [1.29, 1.82) is 0 Å². The van der Waals surface area contributed by atoms with Gasteiger partial charge in [0, 0.05) is 5.92 Å². The van der Waals surface area contributed by atoms with Gasteiger partial charge < -0.3 is 19.9 Å². The van der Waals surface area contributed by atoms with Crippen LogP contribution >= 0.6 is 0 Å². The van der Waals surface area contributed by atoms with Crippen LogP contribution in [-0.4, -0.2) is 41.4 Å². The van der Waals surface area contributed by atoms with E-state index in [-0.39, 0.29) is 12.5 Å². The van der Waals surface area contributed by atoms with Crippen LogP contribution in [0.15, 0.2) is 48.5 Å². The molecule has 2 aromatic carbocycles. The van der Waals surface area contributed by atoms with Crippen molar-refractivity contribution < 1.29 is 29.0 Å². The van der Waals surface area contributed by atoms with Crippen LogP contribution in [-0.2, 0) is 19.1 Å². The first-order chi connectivity index (χ1) is 14.6. The minimum Gasteiger partial charge on any atom is -0.480 e. The van der Waals surface area contributed by atoms with Crippen molar-refractivity contribution >= 4 is 18.0 Å². The van der Waals surface area contributed by atoms with Gasteiger partial charge in [-0.1, -0.05) is 48.5 Å². The van der Waals surface area contributed by atoms with E-state index in [2.05, 4.69) is 5.32 Å². The van der Waals surface area contributed by atoms with E-state index >= 15 is 0 Å². The van der Waals surface area contributed by atoms with E-state index in [9.17, 15) is 19.5 Å². The Hall–Kier alpha value is -3.35. The first kappa shape index (κ1) is 22.3. The maximum atomic E-state index is 12.4. The van der Waals surface area contributed by atoms with E-state index in [0.717, 1.165) is 22.3 Å². The molecule has 1 aliphatic carbocycles. The van der Waals surface area contributed by atoms with Crippen LogP contribution in [0.5, 0.6) is 0 Å². The standard InChI is InChI=1S/C24H27NO6/c1-14(22(28)31-24(2,3)4)20(21(26)27)25-23(29)30-13-19-17-11-7-5-9-15(17)16-10-6-8-12-18(16)19/h5-12,14,19-20H,13H2,1-4H3,(H,25,29)(H,26,27)/t14-,20+/m0/s1. The highest BCUT2D eigenvalue weighted by molar-refractivity contribution is 5.87. The number of carboxylic acids is 1. The van der Waals surface area contributed by atoms with E-state index in [1.807, 2.05) is 48.5 Å². The average Bonchev–Trinajstić information content (AvgIpc) is 3.02. The Bertz CT molecular complexity index is 948. The van der Waals surface area contributed by atoms with Gasteiger partial charge in [-0.2, -0.15) is 0 Å². The fourth-order valence-corrected chi connectivity index (χ4v) is 3.70. The third kappa shape index (κ3) is 5.05. The van der Waals surface area contributed by atoms with Crippen molar-refractivity contribution in [2.24, 2.45) is 5.92 Å². The Morgan fingerprint density at radius 2 is 1.52 bits per heavy atom. The molecule has 0 fully saturated rings. The maximum absolute atomic E-state index is 12.4. The molecule has 0 saturated heterocycles. The van der Waals surface area contributed by atoms with Gasteiger partial charge in [-0.3, -0.25) is 4.79 Å². The van der Waals surface area contributed by atoms with Crippen LogP contribution < -0.4 is 5.32 Å².